The van der Waals surface area contributed by atoms with Crippen LogP contribution in [-0.2, 0) is 0 Å². The standard InChI is InChI=1S/C18H26N2O3/c1-3-4-7-16(21)14-19-9-11-20(12-10-19)18(22)15-6-5-8-17(13-15)23-2/h3,5-6,8,13,16,21H,1,4,7,9-12,14H2,2H3. The van der Waals surface area contributed by atoms with Crippen molar-refractivity contribution in [3.05, 3.63) is 42.5 Å². The van der Waals surface area contributed by atoms with Gasteiger partial charge in [0.05, 0.1) is 13.2 Å². The number of hydrogen-bond acceptors (Lipinski definition) is 4. The molecule has 1 aromatic carbocycles. The highest BCUT2D eigenvalue weighted by Gasteiger charge is 2.23. The van der Waals surface area contributed by atoms with Crippen LogP contribution < -0.4 is 4.74 Å². The van der Waals surface area contributed by atoms with Crippen LogP contribution in [0.25, 0.3) is 0 Å². The minimum absolute atomic E-state index is 0.0377. The number of β-amino-alcohol motifs (C(OH)–C–C–N with tert-alkyl or cyclic N) is 1. The maximum atomic E-state index is 12.5. The highest BCUT2D eigenvalue weighted by atomic mass is 16.5. The summed E-state index contributed by atoms with van der Waals surface area (Å²) in [7, 11) is 1.60. The molecule has 0 saturated carbocycles. The normalized spacial score (nSPS) is 16.9. The van der Waals surface area contributed by atoms with Gasteiger partial charge in [0.25, 0.3) is 5.91 Å². The summed E-state index contributed by atoms with van der Waals surface area (Å²) in [6, 6.07) is 7.25. The van der Waals surface area contributed by atoms with E-state index in [2.05, 4.69) is 11.5 Å². The summed E-state index contributed by atoms with van der Waals surface area (Å²) >= 11 is 0. The highest BCUT2D eigenvalue weighted by molar-refractivity contribution is 5.94. The van der Waals surface area contributed by atoms with Gasteiger partial charge in [-0.15, -0.1) is 6.58 Å². The van der Waals surface area contributed by atoms with E-state index in [1.54, 1.807) is 13.2 Å². The number of aliphatic hydroxyl groups excluding tert-OH is 1. The molecule has 0 aromatic heterocycles. The summed E-state index contributed by atoms with van der Waals surface area (Å²) in [5.74, 6) is 0.732. The molecule has 1 amide bonds. The molecule has 1 fully saturated rings. The van der Waals surface area contributed by atoms with Gasteiger partial charge in [-0.2, -0.15) is 0 Å². The van der Waals surface area contributed by atoms with E-state index in [0.717, 1.165) is 25.9 Å². The molecule has 1 saturated heterocycles. The summed E-state index contributed by atoms with van der Waals surface area (Å²) in [5, 5.41) is 9.96. The van der Waals surface area contributed by atoms with Crippen molar-refractivity contribution in [1.82, 2.24) is 9.80 Å². The van der Waals surface area contributed by atoms with Gasteiger partial charge >= 0.3 is 0 Å². The second-order valence-electron chi connectivity index (χ2n) is 5.84. The maximum Gasteiger partial charge on any atom is 0.254 e. The molecule has 2 rings (SSSR count). The first-order chi connectivity index (χ1) is 11.1. The number of piperazine rings is 1. The number of methoxy groups -OCH3 is 1. The Morgan fingerprint density at radius 2 is 2.13 bits per heavy atom. The number of amides is 1. The first kappa shape index (κ1) is 17.5. The molecule has 126 valence electrons. The molecule has 0 aliphatic carbocycles. The lowest BCUT2D eigenvalue weighted by atomic mass is 10.1. The molecule has 0 spiro atoms. The first-order valence-corrected chi connectivity index (χ1v) is 8.08. The zero-order chi connectivity index (χ0) is 16.7. The van der Waals surface area contributed by atoms with Gasteiger partial charge in [-0.25, -0.2) is 0 Å². The van der Waals surface area contributed by atoms with Crippen molar-refractivity contribution < 1.29 is 14.6 Å². The Labute approximate surface area is 138 Å². The Kier molecular flexibility index (Phi) is 6.62. The van der Waals surface area contributed by atoms with E-state index < -0.39 is 0 Å². The molecule has 0 radical (unpaired) electrons. The first-order valence-electron chi connectivity index (χ1n) is 8.08. The molecule has 0 bridgehead atoms. The van der Waals surface area contributed by atoms with Gasteiger partial charge in [0, 0.05) is 38.3 Å². The predicted molar refractivity (Wildman–Crippen MR) is 90.8 cm³/mol. The zero-order valence-electron chi connectivity index (χ0n) is 13.8. The van der Waals surface area contributed by atoms with Gasteiger partial charge in [0.1, 0.15) is 5.75 Å². The fourth-order valence-corrected chi connectivity index (χ4v) is 2.77. The summed E-state index contributed by atoms with van der Waals surface area (Å²) in [6.07, 6.45) is 3.07. The van der Waals surface area contributed by atoms with Gasteiger partial charge in [-0.3, -0.25) is 9.69 Å². The summed E-state index contributed by atoms with van der Waals surface area (Å²) in [6.45, 7) is 7.29. The molecule has 1 atom stereocenters. The lowest BCUT2D eigenvalue weighted by molar-refractivity contribution is 0.0517. The minimum atomic E-state index is -0.325. The Hall–Kier alpha value is -1.85. The number of ether oxygens (including phenoxy) is 1. The number of carbonyl (C=O) groups is 1. The Bertz CT molecular complexity index is 525. The minimum Gasteiger partial charge on any atom is -0.497 e. The monoisotopic (exact) mass is 318 g/mol. The van der Waals surface area contributed by atoms with Crippen molar-refractivity contribution in [1.29, 1.82) is 0 Å². The highest BCUT2D eigenvalue weighted by Crippen LogP contribution is 2.15. The van der Waals surface area contributed by atoms with Crippen molar-refractivity contribution >= 4 is 5.91 Å². The molecule has 1 aromatic rings. The quantitative estimate of drug-likeness (QED) is 0.779. The van der Waals surface area contributed by atoms with Crippen LogP contribution in [0.15, 0.2) is 36.9 Å². The molecular weight excluding hydrogens is 292 g/mol. The van der Waals surface area contributed by atoms with Crippen molar-refractivity contribution in [2.75, 3.05) is 39.8 Å². The molecule has 1 unspecified atom stereocenters. The largest absolute Gasteiger partial charge is 0.497 e. The van der Waals surface area contributed by atoms with Crippen LogP contribution in [0.2, 0.25) is 0 Å². The van der Waals surface area contributed by atoms with E-state index in [0.29, 0.717) is 30.9 Å². The topological polar surface area (TPSA) is 53.0 Å². The van der Waals surface area contributed by atoms with E-state index in [9.17, 15) is 9.90 Å². The smallest absolute Gasteiger partial charge is 0.254 e. The number of rotatable bonds is 7. The molecule has 1 aliphatic heterocycles. The third kappa shape index (κ3) is 5.08. The number of carbonyl (C=O) groups excluding carboxylic acids is 1. The van der Waals surface area contributed by atoms with Crippen LogP contribution >= 0.6 is 0 Å². The van der Waals surface area contributed by atoms with Crippen molar-refractivity contribution in [3.8, 4) is 5.75 Å². The van der Waals surface area contributed by atoms with Crippen LogP contribution in [-0.4, -0.2) is 66.8 Å². The Morgan fingerprint density at radius 3 is 2.78 bits per heavy atom. The van der Waals surface area contributed by atoms with Crippen LogP contribution in [0, 0.1) is 0 Å². The second kappa shape index (κ2) is 8.70. The van der Waals surface area contributed by atoms with Gasteiger partial charge < -0.3 is 14.7 Å². The number of allylic oxidation sites excluding steroid dienone is 1. The lowest BCUT2D eigenvalue weighted by Crippen LogP contribution is -2.50. The van der Waals surface area contributed by atoms with Crippen LogP contribution in [0.3, 0.4) is 0 Å². The Balaban J connectivity index is 1.83. The number of aliphatic hydroxyl groups is 1. The molecule has 23 heavy (non-hydrogen) atoms. The molecule has 1 N–H and O–H groups in total. The third-order valence-corrected chi connectivity index (χ3v) is 4.15. The third-order valence-electron chi connectivity index (χ3n) is 4.15. The SMILES string of the molecule is C=CCCC(O)CN1CCN(C(=O)c2cccc(OC)c2)CC1. The predicted octanol–water partition coefficient (Wildman–Crippen LogP) is 1.78. The zero-order valence-corrected chi connectivity index (χ0v) is 13.8. The summed E-state index contributed by atoms with van der Waals surface area (Å²) in [5.41, 5.74) is 0.656. The molecular formula is C18H26N2O3. The van der Waals surface area contributed by atoms with Crippen LogP contribution in [0.5, 0.6) is 5.75 Å². The number of benzene rings is 1. The Morgan fingerprint density at radius 1 is 1.39 bits per heavy atom. The van der Waals surface area contributed by atoms with E-state index >= 15 is 0 Å². The van der Waals surface area contributed by atoms with Gasteiger partial charge in [-0.1, -0.05) is 12.1 Å². The molecule has 5 heteroatoms. The second-order valence-corrected chi connectivity index (χ2v) is 5.84. The average Bonchev–Trinajstić information content (AvgIpc) is 2.60. The number of nitrogens with zero attached hydrogens (tertiary/aromatic N) is 2. The van der Waals surface area contributed by atoms with Gasteiger partial charge in [0.2, 0.25) is 0 Å². The van der Waals surface area contributed by atoms with Gasteiger partial charge in [-0.05, 0) is 31.0 Å². The summed E-state index contributed by atoms with van der Waals surface area (Å²) < 4.78 is 5.17. The van der Waals surface area contributed by atoms with Gasteiger partial charge in [0.15, 0.2) is 0 Å². The van der Waals surface area contributed by atoms with Crippen LogP contribution in [0.4, 0.5) is 0 Å². The van der Waals surface area contributed by atoms with E-state index in [1.165, 1.54) is 0 Å². The van der Waals surface area contributed by atoms with Crippen LogP contribution in [0.1, 0.15) is 23.2 Å². The lowest BCUT2D eigenvalue weighted by Gasteiger charge is -2.35. The van der Waals surface area contributed by atoms with Crippen molar-refractivity contribution in [2.45, 2.75) is 18.9 Å². The fourth-order valence-electron chi connectivity index (χ4n) is 2.77. The van der Waals surface area contributed by atoms with E-state index in [4.69, 9.17) is 4.74 Å². The molecule has 1 heterocycles. The number of hydrogen-bond donors (Lipinski definition) is 1. The molecule has 5 nitrogen and oxygen atoms in total. The summed E-state index contributed by atoms with van der Waals surface area (Å²) in [4.78, 5) is 16.6. The molecule has 1 aliphatic rings. The fraction of sp³-hybridized carbons (Fsp3) is 0.500. The maximum absolute atomic E-state index is 12.5. The average molecular weight is 318 g/mol. The van der Waals surface area contributed by atoms with E-state index in [-0.39, 0.29) is 12.0 Å². The van der Waals surface area contributed by atoms with E-state index in [1.807, 2.05) is 29.2 Å². The van der Waals surface area contributed by atoms with Crippen molar-refractivity contribution in [3.63, 3.8) is 0 Å². The van der Waals surface area contributed by atoms with Crippen molar-refractivity contribution in [2.24, 2.45) is 0 Å².